The highest BCUT2D eigenvalue weighted by Gasteiger charge is 2.34. The highest BCUT2D eigenvalue weighted by Crippen LogP contribution is 2.49. The number of hydrogen-bond acceptors (Lipinski definition) is 0. The lowest BCUT2D eigenvalue weighted by Gasteiger charge is -2.25. The molecule has 0 fully saturated rings. The van der Waals surface area contributed by atoms with Gasteiger partial charge in [0, 0.05) is 60.3 Å². The summed E-state index contributed by atoms with van der Waals surface area (Å²) >= 11 is 0. The van der Waals surface area contributed by atoms with E-state index in [1.165, 1.54) is 127 Å². The Balaban J connectivity index is 1.13. The van der Waals surface area contributed by atoms with Crippen LogP contribution in [0.1, 0.15) is 43.3 Å². The molecule has 14 rings (SSSR count). The molecule has 0 saturated carbocycles. The molecule has 4 heteroatoms. The van der Waals surface area contributed by atoms with Crippen LogP contribution < -0.4 is 5.46 Å². The van der Waals surface area contributed by atoms with Crippen molar-refractivity contribution in [2.45, 2.75) is 38.4 Å². The van der Waals surface area contributed by atoms with Crippen molar-refractivity contribution in [1.82, 2.24) is 13.7 Å². The first kappa shape index (κ1) is 34.4. The molecule has 5 heterocycles. The highest BCUT2D eigenvalue weighted by molar-refractivity contribution is 6.57. The van der Waals surface area contributed by atoms with E-state index in [-0.39, 0.29) is 11.2 Å². The maximum absolute atomic E-state index is 2.67. The Morgan fingerprint density at radius 2 is 1.06 bits per heavy atom. The smallest absolute Gasteiger partial charge is 0.163 e. The van der Waals surface area contributed by atoms with E-state index < -0.39 is 0 Å². The van der Waals surface area contributed by atoms with E-state index in [9.17, 15) is 0 Å². The number of hydrogen-bond donors (Lipinski definition) is 0. The monoisotopic (exact) mass is 790 g/mol. The fourth-order valence-corrected chi connectivity index (χ4v) is 11.5. The van der Waals surface area contributed by atoms with E-state index in [0.717, 1.165) is 6.42 Å². The summed E-state index contributed by atoms with van der Waals surface area (Å²) in [6, 6.07) is 66.7. The molecule has 3 nitrogen and oxygen atoms in total. The number of fused-ring (bicyclic) bond motifs is 17. The first-order valence-corrected chi connectivity index (χ1v) is 22.0. The lowest BCUT2D eigenvalue weighted by molar-refractivity contribution is 0.590. The number of nitrogens with zero attached hydrogens (tertiary/aromatic N) is 3. The highest BCUT2D eigenvalue weighted by atomic mass is 15.0. The fourth-order valence-electron chi connectivity index (χ4n) is 11.5. The Morgan fingerprint density at radius 3 is 1.79 bits per heavy atom. The van der Waals surface area contributed by atoms with Crippen molar-refractivity contribution >= 4 is 88.9 Å². The summed E-state index contributed by atoms with van der Waals surface area (Å²) in [5.74, 6) is 0.144. The van der Waals surface area contributed by atoms with Gasteiger partial charge in [-0.15, -0.1) is 0 Å². The van der Waals surface area contributed by atoms with Crippen molar-refractivity contribution in [3.63, 3.8) is 0 Å². The van der Waals surface area contributed by atoms with E-state index in [0.29, 0.717) is 0 Å². The van der Waals surface area contributed by atoms with Gasteiger partial charge in [-0.1, -0.05) is 160 Å². The average Bonchev–Trinajstić information content (AvgIpc) is 3.90. The second kappa shape index (κ2) is 12.2. The first-order valence-electron chi connectivity index (χ1n) is 22.0. The molecule has 2 aliphatic heterocycles. The van der Waals surface area contributed by atoms with Crippen LogP contribution in [-0.4, -0.2) is 21.0 Å². The Kier molecular flexibility index (Phi) is 6.76. The largest absolute Gasteiger partial charge is 0.309 e. The molecule has 0 amide bonds. The van der Waals surface area contributed by atoms with Crippen LogP contribution in [0.15, 0.2) is 176 Å². The normalized spacial score (nSPS) is 14.6. The third-order valence-corrected chi connectivity index (χ3v) is 14.3. The van der Waals surface area contributed by atoms with Gasteiger partial charge in [0.15, 0.2) is 7.28 Å². The van der Waals surface area contributed by atoms with Gasteiger partial charge in [-0.2, -0.15) is 0 Å². The zero-order chi connectivity index (χ0) is 41.0. The van der Waals surface area contributed by atoms with Crippen LogP contribution >= 0.6 is 0 Å². The molecule has 9 aromatic carbocycles. The van der Waals surface area contributed by atoms with E-state index in [1.807, 2.05) is 0 Å². The van der Waals surface area contributed by atoms with Crippen molar-refractivity contribution in [1.29, 1.82) is 0 Å². The molecule has 291 valence electrons. The fraction of sp³-hybridized carbons (Fsp3) is 0.103. The summed E-state index contributed by atoms with van der Waals surface area (Å²) in [7, 11) is 2.58. The second-order valence-electron chi connectivity index (χ2n) is 18.7. The summed E-state index contributed by atoms with van der Waals surface area (Å²) in [5, 5.41) is 10.3. The van der Waals surface area contributed by atoms with Gasteiger partial charge in [0.05, 0.1) is 33.1 Å². The van der Waals surface area contributed by atoms with Gasteiger partial charge in [0.2, 0.25) is 0 Å². The van der Waals surface area contributed by atoms with Gasteiger partial charge in [0.25, 0.3) is 0 Å². The zero-order valence-corrected chi connectivity index (χ0v) is 34.9. The predicted molar refractivity (Wildman–Crippen MR) is 263 cm³/mol. The minimum atomic E-state index is 0.0936. The van der Waals surface area contributed by atoms with E-state index in [4.69, 9.17) is 0 Å². The van der Waals surface area contributed by atoms with Crippen LogP contribution in [0.4, 0.5) is 0 Å². The molecule has 12 aromatic rings. The van der Waals surface area contributed by atoms with Crippen molar-refractivity contribution in [3.05, 3.63) is 193 Å². The van der Waals surface area contributed by atoms with Crippen molar-refractivity contribution in [3.8, 4) is 28.2 Å². The zero-order valence-electron chi connectivity index (χ0n) is 34.9. The molecule has 0 spiro atoms. The molecule has 0 saturated heterocycles. The summed E-state index contributed by atoms with van der Waals surface area (Å²) < 4.78 is 7.73. The summed E-state index contributed by atoms with van der Waals surface area (Å²) in [6.45, 7) is 6.87. The molecule has 0 N–H and O–H groups in total. The summed E-state index contributed by atoms with van der Waals surface area (Å²) in [6.07, 6.45) is 0.902. The van der Waals surface area contributed by atoms with Gasteiger partial charge in [-0.25, -0.2) is 0 Å². The maximum atomic E-state index is 2.67. The average molecular weight is 791 g/mol. The standard InChI is InChI=1S/C58H41BN3/c1-58(2,3)37-24-20-34(21-25-37)36-23-28-44-49-33-47-56-45(32-46-43-27-22-35-12-4-5-13-39(35)55(43)62(57(46)47)53(44)30-36)42-16-8-11-19-52(42)61(56)54-31-38(26-29-48(54)59-49)60-50-17-9-6-14-40(50)41-15-7-10-18-51(41)60/h4-32,49H,33H2,1-3H3. The summed E-state index contributed by atoms with van der Waals surface area (Å²) in [4.78, 5) is 0. The van der Waals surface area contributed by atoms with Crippen LogP contribution in [-0.2, 0) is 11.8 Å². The van der Waals surface area contributed by atoms with Gasteiger partial charge in [-0.3, -0.25) is 0 Å². The maximum Gasteiger partial charge on any atom is 0.163 e. The molecule has 1 atom stereocenters. The molecule has 1 radical (unpaired) electrons. The van der Waals surface area contributed by atoms with Crippen LogP contribution in [0.3, 0.4) is 0 Å². The summed E-state index contributed by atoms with van der Waals surface area (Å²) in [5.41, 5.74) is 19.2. The van der Waals surface area contributed by atoms with Gasteiger partial charge >= 0.3 is 0 Å². The predicted octanol–water partition coefficient (Wildman–Crippen LogP) is 14.0. The first-order chi connectivity index (χ1) is 30.4. The minimum absolute atomic E-state index is 0.0936. The van der Waals surface area contributed by atoms with Crippen LogP contribution in [0.25, 0.3) is 104 Å². The van der Waals surface area contributed by atoms with Crippen molar-refractivity contribution in [2.24, 2.45) is 0 Å². The van der Waals surface area contributed by atoms with Crippen LogP contribution in [0, 0.1) is 0 Å². The van der Waals surface area contributed by atoms with Gasteiger partial charge < -0.3 is 13.7 Å². The van der Waals surface area contributed by atoms with Crippen molar-refractivity contribution in [2.75, 3.05) is 0 Å². The molecule has 62 heavy (non-hydrogen) atoms. The topological polar surface area (TPSA) is 14.8 Å². The Bertz CT molecular complexity index is 3850. The lowest BCUT2D eigenvalue weighted by Crippen LogP contribution is -2.29. The van der Waals surface area contributed by atoms with E-state index in [1.54, 1.807) is 0 Å². The van der Waals surface area contributed by atoms with E-state index in [2.05, 4.69) is 218 Å². The Hall–Kier alpha value is -7.30. The molecule has 2 bridgehead atoms. The van der Waals surface area contributed by atoms with Crippen LogP contribution in [0.2, 0.25) is 0 Å². The number of aromatic nitrogens is 3. The SMILES string of the molecule is CC(C)(C)c1ccc(-c2ccc3c(c2)-n2c4c5c6c(cc4c4ccc7ccccc7c42)c2ccccc2n6-c2cc(-n4c6ccccc6c6ccccc64)ccc2[B]C3C5)cc1. The Labute approximate surface area is 360 Å². The van der Waals surface area contributed by atoms with Gasteiger partial charge in [0.1, 0.15) is 0 Å². The third-order valence-electron chi connectivity index (χ3n) is 14.3. The number of benzene rings is 9. The molecular weight excluding hydrogens is 749 g/mol. The molecule has 2 aliphatic rings. The molecule has 3 aromatic heterocycles. The van der Waals surface area contributed by atoms with Crippen molar-refractivity contribution < 1.29 is 0 Å². The quantitative estimate of drug-likeness (QED) is 0.155. The number of rotatable bonds is 2. The molecule has 1 unspecified atom stereocenters. The number of para-hydroxylation sites is 3. The van der Waals surface area contributed by atoms with Crippen LogP contribution in [0.5, 0.6) is 0 Å². The minimum Gasteiger partial charge on any atom is -0.309 e. The third kappa shape index (κ3) is 4.56. The molecular formula is C58H41BN3. The van der Waals surface area contributed by atoms with E-state index >= 15 is 0 Å². The lowest BCUT2D eigenvalue weighted by atomic mass is 9.54. The van der Waals surface area contributed by atoms with Gasteiger partial charge in [-0.05, 0) is 87.8 Å². The Morgan fingerprint density at radius 1 is 0.452 bits per heavy atom. The molecule has 0 aliphatic carbocycles. The second-order valence-corrected chi connectivity index (χ2v) is 18.7.